The van der Waals surface area contributed by atoms with Gasteiger partial charge in [-0.1, -0.05) is 42.5 Å². The molecule has 6 heteroatoms. The molecule has 0 atom stereocenters. The summed E-state index contributed by atoms with van der Waals surface area (Å²) < 4.78 is 27.0. The van der Waals surface area contributed by atoms with E-state index in [0.717, 1.165) is 16.7 Å². The second-order valence-corrected chi connectivity index (χ2v) is 8.66. The second kappa shape index (κ2) is 7.60. The Morgan fingerprint density at radius 3 is 2.08 bits per heavy atom. The van der Waals surface area contributed by atoms with Crippen molar-refractivity contribution in [3.05, 3.63) is 70.8 Å². The highest BCUT2D eigenvalue weighted by molar-refractivity contribution is 7.88. The van der Waals surface area contributed by atoms with Crippen LogP contribution in [0.2, 0.25) is 0 Å². The van der Waals surface area contributed by atoms with E-state index in [-0.39, 0.29) is 11.7 Å². The molecule has 0 saturated carbocycles. The largest absolute Gasteiger partial charge is 0.336 e. The van der Waals surface area contributed by atoms with E-state index in [2.05, 4.69) is 0 Å². The lowest BCUT2D eigenvalue weighted by Crippen LogP contribution is -2.50. The van der Waals surface area contributed by atoms with Gasteiger partial charge in [-0.15, -0.1) is 0 Å². The SMILES string of the molecule is Cc1ccccc1CS(=O)(=O)N1CCN(C(=O)c2ccccc2C)CC1. The van der Waals surface area contributed by atoms with Crippen LogP contribution in [0.1, 0.15) is 27.0 Å². The number of rotatable bonds is 4. The van der Waals surface area contributed by atoms with E-state index in [9.17, 15) is 13.2 Å². The zero-order chi connectivity index (χ0) is 18.7. The summed E-state index contributed by atoms with van der Waals surface area (Å²) in [6.07, 6.45) is 0. The first kappa shape index (κ1) is 18.6. The third kappa shape index (κ3) is 3.97. The predicted molar refractivity (Wildman–Crippen MR) is 102 cm³/mol. The minimum atomic E-state index is -3.39. The Balaban J connectivity index is 1.65. The molecular weight excluding hydrogens is 348 g/mol. The van der Waals surface area contributed by atoms with Crippen LogP contribution in [0.5, 0.6) is 0 Å². The first-order chi connectivity index (χ1) is 12.4. The highest BCUT2D eigenvalue weighted by Gasteiger charge is 2.29. The van der Waals surface area contributed by atoms with Crippen LogP contribution in [0.3, 0.4) is 0 Å². The number of hydrogen-bond donors (Lipinski definition) is 0. The number of aryl methyl sites for hydroxylation is 2. The van der Waals surface area contributed by atoms with Crippen molar-refractivity contribution in [2.75, 3.05) is 26.2 Å². The van der Waals surface area contributed by atoms with Crippen molar-refractivity contribution in [1.29, 1.82) is 0 Å². The summed E-state index contributed by atoms with van der Waals surface area (Å²) in [5.74, 6) is -0.0233. The van der Waals surface area contributed by atoms with Gasteiger partial charge in [0.1, 0.15) is 0 Å². The molecule has 1 amide bonds. The first-order valence-corrected chi connectivity index (χ1v) is 10.4. The molecule has 1 aliphatic heterocycles. The van der Waals surface area contributed by atoms with Gasteiger partial charge < -0.3 is 4.90 Å². The van der Waals surface area contributed by atoms with Crippen LogP contribution in [0.25, 0.3) is 0 Å². The molecule has 1 saturated heterocycles. The van der Waals surface area contributed by atoms with E-state index in [1.165, 1.54) is 4.31 Å². The third-order valence-electron chi connectivity index (χ3n) is 4.89. The van der Waals surface area contributed by atoms with Crippen molar-refractivity contribution < 1.29 is 13.2 Å². The van der Waals surface area contributed by atoms with Gasteiger partial charge in [-0.25, -0.2) is 8.42 Å². The number of nitrogens with zero attached hydrogens (tertiary/aromatic N) is 2. The Labute approximate surface area is 155 Å². The zero-order valence-corrected chi connectivity index (χ0v) is 16.0. The van der Waals surface area contributed by atoms with Gasteiger partial charge in [-0.3, -0.25) is 4.79 Å². The highest BCUT2D eigenvalue weighted by atomic mass is 32.2. The number of benzene rings is 2. The quantitative estimate of drug-likeness (QED) is 0.829. The van der Waals surface area contributed by atoms with Crippen LogP contribution in [0.4, 0.5) is 0 Å². The van der Waals surface area contributed by atoms with E-state index in [1.807, 2.05) is 62.4 Å². The Hall–Kier alpha value is -2.18. The zero-order valence-electron chi connectivity index (χ0n) is 15.2. The standard InChI is InChI=1S/C20H24N2O3S/c1-16-7-3-5-9-18(16)15-26(24,25)22-13-11-21(12-14-22)20(23)19-10-6-4-8-17(19)2/h3-10H,11-15H2,1-2H3. The maximum absolute atomic E-state index is 12.7. The molecular formula is C20H24N2O3S. The minimum Gasteiger partial charge on any atom is -0.336 e. The molecule has 1 heterocycles. The summed E-state index contributed by atoms with van der Waals surface area (Å²) in [6.45, 7) is 5.35. The van der Waals surface area contributed by atoms with Crippen LogP contribution in [0, 0.1) is 13.8 Å². The molecule has 0 aliphatic carbocycles. The fourth-order valence-corrected chi connectivity index (χ4v) is 4.83. The number of piperazine rings is 1. The van der Waals surface area contributed by atoms with Crippen molar-refractivity contribution in [1.82, 2.24) is 9.21 Å². The molecule has 1 fully saturated rings. The second-order valence-electron chi connectivity index (χ2n) is 6.69. The molecule has 0 aromatic heterocycles. The summed E-state index contributed by atoms with van der Waals surface area (Å²) in [5, 5.41) is 0. The monoisotopic (exact) mass is 372 g/mol. The summed E-state index contributed by atoms with van der Waals surface area (Å²) in [5.41, 5.74) is 3.42. The number of hydrogen-bond acceptors (Lipinski definition) is 3. The smallest absolute Gasteiger partial charge is 0.254 e. The molecule has 0 spiro atoms. The molecule has 2 aromatic carbocycles. The summed E-state index contributed by atoms with van der Waals surface area (Å²) >= 11 is 0. The average Bonchev–Trinajstić information content (AvgIpc) is 2.63. The van der Waals surface area contributed by atoms with Gasteiger partial charge in [-0.2, -0.15) is 4.31 Å². The van der Waals surface area contributed by atoms with Gasteiger partial charge in [0, 0.05) is 31.7 Å². The van der Waals surface area contributed by atoms with Crippen molar-refractivity contribution >= 4 is 15.9 Å². The average molecular weight is 372 g/mol. The highest BCUT2D eigenvalue weighted by Crippen LogP contribution is 2.18. The number of carbonyl (C=O) groups is 1. The molecule has 0 N–H and O–H groups in total. The van der Waals surface area contributed by atoms with Crippen molar-refractivity contribution in [3.63, 3.8) is 0 Å². The molecule has 3 rings (SSSR count). The van der Waals surface area contributed by atoms with Crippen LogP contribution in [0.15, 0.2) is 48.5 Å². The normalized spacial score (nSPS) is 15.8. The van der Waals surface area contributed by atoms with Gasteiger partial charge in [0.15, 0.2) is 0 Å². The van der Waals surface area contributed by atoms with E-state index < -0.39 is 10.0 Å². The molecule has 1 aliphatic rings. The van der Waals surface area contributed by atoms with Crippen LogP contribution < -0.4 is 0 Å². The van der Waals surface area contributed by atoms with Gasteiger partial charge >= 0.3 is 0 Å². The van der Waals surface area contributed by atoms with Crippen LogP contribution in [-0.4, -0.2) is 49.7 Å². The summed E-state index contributed by atoms with van der Waals surface area (Å²) in [7, 11) is -3.39. The lowest BCUT2D eigenvalue weighted by Gasteiger charge is -2.34. The first-order valence-electron chi connectivity index (χ1n) is 8.76. The Kier molecular flexibility index (Phi) is 5.44. The Morgan fingerprint density at radius 1 is 0.885 bits per heavy atom. The number of sulfonamides is 1. The molecule has 5 nitrogen and oxygen atoms in total. The van der Waals surface area contributed by atoms with Gasteiger partial charge in [0.2, 0.25) is 10.0 Å². The van der Waals surface area contributed by atoms with Crippen molar-refractivity contribution in [2.45, 2.75) is 19.6 Å². The number of carbonyl (C=O) groups excluding carboxylic acids is 1. The van der Waals surface area contributed by atoms with Crippen LogP contribution in [-0.2, 0) is 15.8 Å². The molecule has 0 unspecified atom stereocenters. The van der Waals surface area contributed by atoms with Gasteiger partial charge in [0.05, 0.1) is 5.75 Å². The fourth-order valence-electron chi connectivity index (χ4n) is 3.21. The van der Waals surface area contributed by atoms with E-state index in [4.69, 9.17) is 0 Å². The van der Waals surface area contributed by atoms with Crippen molar-refractivity contribution in [3.8, 4) is 0 Å². The molecule has 138 valence electrons. The third-order valence-corrected chi connectivity index (χ3v) is 6.72. The lowest BCUT2D eigenvalue weighted by atomic mass is 10.1. The van der Waals surface area contributed by atoms with E-state index >= 15 is 0 Å². The maximum Gasteiger partial charge on any atom is 0.254 e. The van der Waals surface area contributed by atoms with E-state index in [1.54, 1.807) is 4.90 Å². The number of amides is 1. The molecule has 2 aromatic rings. The minimum absolute atomic E-state index is 0.00537. The topological polar surface area (TPSA) is 57.7 Å². The Bertz CT molecular complexity index is 901. The summed E-state index contributed by atoms with van der Waals surface area (Å²) in [6, 6.07) is 15.0. The molecule has 26 heavy (non-hydrogen) atoms. The van der Waals surface area contributed by atoms with E-state index in [0.29, 0.717) is 31.7 Å². The summed E-state index contributed by atoms with van der Waals surface area (Å²) in [4.78, 5) is 14.4. The predicted octanol–water partition coefficient (Wildman–Crippen LogP) is 2.59. The molecule has 0 bridgehead atoms. The maximum atomic E-state index is 12.7. The molecule has 0 radical (unpaired) electrons. The Morgan fingerprint density at radius 2 is 1.46 bits per heavy atom. The van der Waals surface area contributed by atoms with Crippen LogP contribution >= 0.6 is 0 Å². The fraction of sp³-hybridized carbons (Fsp3) is 0.350. The van der Waals surface area contributed by atoms with Gasteiger partial charge in [0.25, 0.3) is 5.91 Å². The lowest BCUT2D eigenvalue weighted by molar-refractivity contribution is 0.0697. The van der Waals surface area contributed by atoms with Crippen molar-refractivity contribution in [2.24, 2.45) is 0 Å². The van der Waals surface area contributed by atoms with Gasteiger partial charge in [-0.05, 0) is 36.6 Å².